The van der Waals surface area contributed by atoms with Crippen molar-refractivity contribution in [2.24, 2.45) is 0 Å². The van der Waals surface area contributed by atoms with Gasteiger partial charge in [0.15, 0.2) is 17.5 Å². The maximum Gasteiger partial charge on any atom is 0.164 e. The summed E-state index contributed by atoms with van der Waals surface area (Å²) in [7, 11) is 0. The third kappa shape index (κ3) is 5.34. The van der Waals surface area contributed by atoms with Crippen LogP contribution in [0.25, 0.3) is 111 Å². The molecular weight excluding hydrogens is 671 g/mol. The summed E-state index contributed by atoms with van der Waals surface area (Å²) in [6.07, 6.45) is 0. The van der Waals surface area contributed by atoms with Crippen molar-refractivity contribution in [3.05, 3.63) is 188 Å². The van der Waals surface area contributed by atoms with Gasteiger partial charge in [-0.1, -0.05) is 163 Å². The highest BCUT2D eigenvalue weighted by Gasteiger charge is 2.15. The van der Waals surface area contributed by atoms with Crippen molar-refractivity contribution in [1.82, 2.24) is 15.0 Å². The van der Waals surface area contributed by atoms with Crippen molar-refractivity contribution in [2.45, 2.75) is 0 Å². The number of aromatic nitrogens is 3. The van der Waals surface area contributed by atoms with Crippen LogP contribution in [0.3, 0.4) is 0 Å². The van der Waals surface area contributed by atoms with Crippen molar-refractivity contribution in [3.8, 4) is 56.4 Å². The van der Waals surface area contributed by atoms with E-state index in [1.54, 1.807) is 24.3 Å². The predicted molar refractivity (Wildman–Crippen MR) is 227 cm³/mol. The number of benzene rings is 9. The Labute approximate surface area is 338 Å². The molecule has 0 spiro atoms. The highest BCUT2D eigenvalue weighted by Crippen LogP contribution is 2.38. The van der Waals surface area contributed by atoms with E-state index in [2.05, 4.69) is 4.98 Å². The minimum atomic E-state index is -0.783. The van der Waals surface area contributed by atoms with Crippen molar-refractivity contribution in [3.63, 3.8) is 0 Å². The topological polar surface area (TPSA) is 51.8 Å². The van der Waals surface area contributed by atoms with E-state index in [0.717, 1.165) is 33.1 Å². The molecule has 0 saturated carbocycles. The van der Waals surface area contributed by atoms with Gasteiger partial charge < -0.3 is 4.42 Å². The molecule has 55 heavy (non-hydrogen) atoms. The molecule has 0 bridgehead atoms. The first kappa shape index (κ1) is 19.6. The highest BCUT2D eigenvalue weighted by molar-refractivity contribution is 6.25. The lowest BCUT2D eigenvalue weighted by atomic mass is 9.92. The molecule has 2 heterocycles. The lowest BCUT2D eigenvalue weighted by Crippen LogP contribution is -2.00. The van der Waals surface area contributed by atoms with Gasteiger partial charge in [-0.05, 0) is 78.8 Å². The number of nitrogens with zero attached hydrogens (tertiary/aromatic N) is 3. The summed E-state index contributed by atoms with van der Waals surface area (Å²) in [6.45, 7) is 0. The zero-order chi connectivity index (χ0) is 49.3. The van der Waals surface area contributed by atoms with Crippen LogP contribution < -0.4 is 0 Å². The molecule has 0 aliphatic heterocycles. The normalized spacial score (nSPS) is 15.5. The molecule has 0 amide bonds. The van der Waals surface area contributed by atoms with E-state index in [0.29, 0.717) is 11.1 Å². The van der Waals surface area contributed by atoms with E-state index < -0.39 is 107 Å². The molecule has 0 radical (unpaired) electrons. The van der Waals surface area contributed by atoms with E-state index in [-0.39, 0.29) is 50.0 Å². The summed E-state index contributed by atoms with van der Waals surface area (Å²) in [4.78, 5) is 14.1. The van der Waals surface area contributed by atoms with Crippen LogP contribution in [-0.2, 0) is 0 Å². The van der Waals surface area contributed by atoms with Crippen LogP contribution in [0, 0.1) is 0 Å². The quantitative estimate of drug-likeness (QED) is 0.166. The minimum absolute atomic E-state index is 0.154. The highest BCUT2D eigenvalue weighted by atomic mass is 16.3. The predicted octanol–water partition coefficient (Wildman–Crippen LogP) is 13.6. The molecule has 256 valence electrons. The molecule has 11 rings (SSSR count). The van der Waals surface area contributed by atoms with Crippen LogP contribution in [0.2, 0.25) is 0 Å². The van der Waals surface area contributed by atoms with Gasteiger partial charge in [0.2, 0.25) is 0 Å². The molecule has 2 aromatic heterocycles. The first-order valence-electron chi connectivity index (χ1n) is 24.8. The Hall–Kier alpha value is -7.43. The molecule has 9 aromatic carbocycles. The first-order valence-corrected chi connectivity index (χ1v) is 17.3. The number of fused-ring (bicyclic) bond motifs is 9. The van der Waals surface area contributed by atoms with Crippen LogP contribution in [-0.4, -0.2) is 15.0 Å². The Morgan fingerprint density at radius 2 is 0.818 bits per heavy atom. The van der Waals surface area contributed by atoms with Crippen LogP contribution in [0.1, 0.15) is 20.6 Å². The van der Waals surface area contributed by atoms with Crippen molar-refractivity contribution in [1.29, 1.82) is 0 Å². The molecule has 0 unspecified atom stereocenters. The number of hydrogen-bond donors (Lipinski definition) is 0. The summed E-state index contributed by atoms with van der Waals surface area (Å²) in [5, 5.41) is -0.196. The van der Waals surface area contributed by atoms with Gasteiger partial charge in [0.1, 0.15) is 11.2 Å². The first-order chi connectivity index (χ1) is 33.5. The molecule has 0 aliphatic carbocycles. The van der Waals surface area contributed by atoms with Gasteiger partial charge >= 0.3 is 0 Å². The van der Waals surface area contributed by atoms with Crippen molar-refractivity contribution < 1.29 is 25.0 Å². The van der Waals surface area contributed by atoms with Crippen LogP contribution >= 0.6 is 0 Å². The molecule has 4 nitrogen and oxygen atoms in total. The lowest BCUT2D eigenvalue weighted by molar-refractivity contribution is 0.669. The average Bonchev–Trinajstić information content (AvgIpc) is 3.75. The van der Waals surface area contributed by atoms with Gasteiger partial charge in [0, 0.05) is 27.5 Å². The van der Waals surface area contributed by atoms with Gasteiger partial charge in [-0.3, -0.25) is 0 Å². The second kappa shape index (κ2) is 12.6. The third-order valence-electron chi connectivity index (χ3n) is 9.56. The van der Waals surface area contributed by atoms with Crippen LogP contribution in [0.4, 0.5) is 0 Å². The molecule has 0 aliphatic rings. The fourth-order valence-electron chi connectivity index (χ4n) is 6.88. The lowest BCUT2D eigenvalue weighted by Gasteiger charge is -2.12. The number of hydrogen-bond acceptors (Lipinski definition) is 4. The van der Waals surface area contributed by atoms with Crippen molar-refractivity contribution >= 4 is 54.3 Å². The smallest absolute Gasteiger partial charge is 0.164 e. The molecule has 0 fully saturated rings. The summed E-state index contributed by atoms with van der Waals surface area (Å²) in [6, 6.07) is 19.5. The second-order valence-corrected chi connectivity index (χ2v) is 12.8. The number of rotatable bonds is 5. The Bertz CT molecular complexity index is 4050. The second-order valence-electron chi connectivity index (χ2n) is 12.8. The molecule has 4 heteroatoms. The van der Waals surface area contributed by atoms with E-state index in [4.69, 9.17) is 25.4 Å². The van der Waals surface area contributed by atoms with E-state index in [9.17, 15) is 9.60 Å². The molecule has 0 N–H and O–H groups in total. The molecule has 11 aromatic rings. The Morgan fingerprint density at radius 3 is 1.51 bits per heavy atom. The van der Waals surface area contributed by atoms with Gasteiger partial charge in [-0.15, -0.1) is 0 Å². The summed E-state index contributed by atoms with van der Waals surface area (Å²) in [5.74, 6) is 0.102. The van der Waals surface area contributed by atoms with Gasteiger partial charge in [0.25, 0.3) is 0 Å². The third-order valence-corrected chi connectivity index (χ3v) is 9.56. The summed E-state index contributed by atoms with van der Waals surface area (Å²) in [5.41, 5.74) is 2.92. The standard InChI is InChI=1S/C51H31N3O/c1-2-10-34(11-3-1)49-52-50(54-51(53-49)36-24-20-33(21-25-36)38-27-29-45-44-16-8-9-17-47(44)55-48(45)31-38)35-22-18-32(19-23-35)37-26-28-43-41-14-5-4-12-39(41)40-13-6-7-15-42(40)46(43)30-37/h1-31H/i4D,5D,6D,7D,12D,13D,14D,15D,18D,19D,22D,23D,26D,28D,30D. The van der Waals surface area contributed by atoms with Gasteiger partial charge in [0.05, 0.1) is 20.6 Å². The minimum Gasteiger partial charge on any atom is -0.456 e. The number of para-hydroxylation sites is 1. The van der Waals surface area contributed by atoms with Gasteiger partial charge in [-0.25, -0.2) is 15.0 Å². The Balaban J connectivity index is 1.11. The molecule has 0 atom stereocenters. The van der Waals surface area contributed by atoms with Gasteiger partial charge in [-0.2, -0.15) is 0 Å². The largest absolute Gasteiger partial charge is 0.456 e. The Kier molecular flexibility index (Phi) is 4.49. The SMILES string of the molecule is [2H]c1c([2H])c(-c2c([2H])c([2H])c3c4c([2H])c([2H])c([2H])c([2H])c4c4c([2H])c([2H])c([2H])c([2H])c4c3c2[2H])c([2H])c([2H])c1-c1nc(-c2ccccc2)nc(-c2ccc(-c3ccc4c(c3)oc3ccccc34)cc2)n1. The summed E-state index contributed by atoms with van der Waals surface area (Å²) < 4.78 is 141. The van der Waals surface area contributed by atoms with Crippen molar-refractivity contribution in [2.75, 3.05) is 0 Å². The zero-order valence-corrected chi connectivity index (χ0v) is 28.5. The van der Waals surface area contributed by atoms with Crippen LogP contribution in [0.15, 0.2) is 192 Å². The molecule has 0 saturated heterocycles. The maximum absolute atomic E-state index is 9.64. The van der Waals surface area contributed by atoms with E-state index in [1.807, 2.05) is 72.8 Å². The monoisotopic (exact) mass is 716 g/mol. The maximum atomic E-state index is 9.64. The fraction of sp³-hybridized carbons (Fsp3) is 0. The summed E-state index contributed by atoms with van der Waals surface area (Å²) >= 11 is 0. The van der Waals surface area contributed by atoms with Crippen LogP contribution in [0.5, 0.6) is 0 Å². The van der Waals surface area contributed by atoms with E-state index in [1.165, 1.54) is 0 Å². The Morgan fingerprint density at radius 1 is 0.327 bits per heavy atom. The zero-order valence-electron chi connectivity index (χ0n) is 43.5. The van der Waals surface area contributed by atoms with E-state index >= 15 is 0 Å². The average molecular weight is 717 g/mol. The fourth-order valence-corrected chi connectivity index (χ4v) is 6.88. The number of furan rings is 1. The molecular formula is C51H31N3O.